The quantitative estimate of drug-likeness (QED) is 0.622. The number of hydrogen-bond acceptors (Lipinski definition) is 2. The molecule has 0 bridgehead atoms. The Labute approximate surface area is 92.4 Å². The van der Waals surface area contributed by atoms with E-state index in [9.17, 15) is 0 Å². The van der Waals surface area contributed by atoms with Crippen LogP contribution in [0.3, 0.4) is 0 Å². The zero-order valence-electron chi connectivity index (χ0n) is 9.35. The van der Waals surface area contributed by atoms with Crippen molar-refractivity contribution in [3.8, 4) is 0 Å². The van der Waals surface area contributed by atoms with Crippen LogP contribution in [0, 0.1) is 5.41 Å². The maximum atomic E-state index is 3.69. The highest BCUT2D eigenvalue weighted by Crippen LogP contribution is 2.49. The van der Waals surface area contributed by atoms with Crippen LogP contribution in [0.2, 0.25) is 0 Å². The fourth-order valence-electron chi connectivity index (χ4n) is 2.03. The Kier molecular flexibility index (Phi) is 3.78. The minimum atomic E-state index is 0.747. The van der Waals surface area contributed by atoms with E-state index in [0.29, 0.717) is 0 Å². The standard InChI is InChI=1S/C12H23NS/c1-2-14-9-3-6-12(7-8-12)10-13-11-4-5-11/h11,13H,2-10H2,1H3. The number of nitrogens with one attached hydrogen (secondary N) is 1. The Morgan fingerprint density at radius 1 is 1.36 bits per heavy atom. The fourth-order valence-corrected chi connectivity index (χ4v) is 2.67. The van der Waals surface area contributed by atoms with Crippen LogP contribution in [0.5, 0.6) is 0 Å². The highest BCUT2D eigenvalue weighted by atomic mass is 32.2. The van der Waals surface area contributed by atoms with Crippen LogP contribution in [0.4, 0.5) is 0 Å². The van der Waals surface area contributed by atoms with Gasteiger partial charge in [0.1, 0.15) is 0 Å². The normalized spacial score (nSPS) is 23.8. The van der Waals surface area contributed by atoms with Gasteiger partial charge in [0.05, 0.1) is 0 Å². The van der Waals surface area contributed by atoms with Crippen molar-refractivity contribution in [2.24, 2.45) is 5.41 Å². The molecule has 2 rings (SSSR count). The van der Waals surface area contributed by atoms with Crippen LogP contribution in [0.1, 0.15) is 45.4 Å². The van der Waals surface area contributed by atoms with Crippen LogP contribution < -0.4 is 5.32 Å². The second-order valence-electron chi connectivity index (χ2n) is 4.96. The van der Waals surface area contributed by atoms with Gasteiger partial charge in [-0.05, 0) is 55.4 Å². The summed E-state index contributed by atoms with van der Waals surface area (Å²) in [5.74, 6) is 2.66. The molecule has 0 aromatic carbocycles. The Hall–Kier alpha value is 0.310. The molecule has 2 aliphatic carbocycles. The predicted octanol–water partition coefficient (Wildman–Crippen LogP) is 3.05. The van der Waals surface area contributed by atoms with Gasteiger partial charge in [0.15, 0.2) is 0 Å². The van der Waals surface area contributed by atoms with Gasteiger partial charge >= 0.3 is 0 Å². The molecule has 0 radical (unpaired) electrons. The van der Waals surface area contributed by atoms with E-state index in [1.54, 1.807) is 0 Å². The first-order valence-corrected chi connectivity index (χ1v) is 7.31. The Morgan fingerprint density at radius 2 is 2.14 bits per heavy atom. The third-order valence-corrected chi connectivity index (χ3v) is 4.49. The van der Waals surface area contributed by atoms with Crippen LogP contribution >= 0.6 is 11.8 Å². The summed E-state index contributed by atoms with van der Waals surface area (Å²) in [4.78, 5) is 0. The van der Waals surface area contributed by atoms with Crippen molar-refractivity contribution in [2.45, 2.75) is 51.5 Å². The van der Waals surface area contributed by atoms with Crippen LogP contribution in [-0.2, 0) is 0 Å². The van der Waals surface area contributed by atoms with E-state index in [1.165, 1.54) is 56.6 Å². The van der Waals surface area contributed by atoms with Gasteiger partial charge in [0, 0.05) is 12.6 Å². The van der Waals surface area contributed by atoms with Crippen molar-refractivity contribution < 1.29 is 0 Å². The summed E-state index contributed by atoms with van der Waals surface area (Å²) in [6.45, 7) is 3.57. The third-order valence-electron chi connectivity index (χ3n) is 3.50. The van der Waals surface area contributed by atoms with Crippen molar-refractivity contribution in [3.05, 3.63) is 0 Å². The van der Waals surface area contributed by atoms with Crippen molar-refractivity contribution >= 4 is 11.8 Å². The zero-order valence-corrected chi connectivity index (χ0v) is 10.2. The smallest absolute Gasteiger partial charge is 0.00684 e. The van der Waals surface area contributed by atoms with Gasteiger partial charge in [-0.1, -0.05) is 6.92 Å². The van der Waals surface area contributed by atoms with Gasteiger partial charge in [0.25, 0.3) is 0 Å². The minimum absolute atomic E-state index is 0.747. The predicted molar refractivity (Wildman–Crippen MR) is 64.9 cm³/mol. The molecule has 0 saturated heterocycles. The molecular formula is C12H23NS. The SMILES string of the molecule is CCSCCCC1(CNC2CC2)CC1. The van der Waals surface area contributed by atoms with Gasteiger partial charge in [-0.3, -0.25) is 0 Å². The zero-order chi connectivity index (χ0) is 9.86. The van der Waals surface area contributed by atoms with Crippen molar-refractivity contribution in [1.29, 1.82) is 0 Å². The first-order valence-electron chi connectivity index (χ1n) is 6.16. The first-order chi connectivity index (χ1) is 6.85. The summed E-state index contributed by atoms with van der Waals surface area (Å²) in [7, 11) is 0. The van der Waals surface area contributed by atoms with E-state index in [1.807, 2.05) is 0 Å². The monoisotopic (exact) mass is 213 g/mol. The summed E-state index contributed by atoms with van der Waals surface area (Å²) < 4.78 is 0. The van der Waals surface area contributed by atoms with E-state index >= 15 is 0 Å². The van der Waals surface area contributed by atoms with E-state index in [4.69, 9.17) is 0 Å². The molecule has 2 fully saturated rings. The second-order valence-corrected chi connectivity index (χ2v) is 6.35. The molecule has 0 aromatic heterocycles. The van der Waals surface area contributed by atoms with Crippen molar-refractivity contribution in [3.63, 3.8) is 0 Å². The highest BCUT2D eigenvalue weighted by molar-refractivity contribution is 7.99. The summed E-state index contributed by atoms with van der Waals surface area (Å²) in [5.41, 5.74) is 0.747. The van der Waals surface area contributed by atoms with Gasteiger partial charge in [0.2, 0.25) is 0 Å². The van der Waals surface area contributed by atoms with Crippen LogP contribution in [0.15, 0.2) is 0 Å². The average molecular weight is 213 g/mol. The van der Waals surface area contributed by atoms with E-state index in [0.717, 1.165) is 11.5 Å². The van der Waals surface area contributed by atoms with E-state index in [-0.39, 0.29) is 0 Å². The van der Waals surface area contributed by atoms with Gasteiger partial charge in [-0.15, -0.1) is 0 Å². The molecule has 2 saturated carbocycles. The topological polar surface area (TPSA) is 12.0 Å². The van der Waals surface area contributed by atoms with Crippen LogP contribution in [0.25, 0.3) is 0 Å². The lowest BCUT2D eigenvalue weighted by molar-refractivity contribution is 0.421. The second kappa shape index (κ2) is 4.89. The number of rotatable bonds is 8. The molecule has 0 unspecified atom stereocenters. The lowest BCUT2D eigenvalue weighted by Gasteiger charge is -2.15. The molecule has 82 valence electrons. The summed E-state index contributed by atoms with van der Waals surface area (Å²) in [5, 5.41) is 3.69. The minimum Gasteiger partial charge on any atom is -0.313 e. The molecule has 2 heteroatoms. The molecule has 2 aliphatic rings. The van der Waals surface area contributed by atoms with E-state index in [2.05, 4.69) is 24.0 Å². The summed E-state index contributed by atoms with van der Waals surface area (Å²) in [6.07, 6.45) is 8.75. The molecule has 0 amide bonds. The van der Waals surface area contributed by atoms with Crippen LogP contribution in [-0.4, -0.2) is 24.1 Å². The molecule has 1 N–H and O–H groups in total. The van der Waals surface area contributed by atoms with Gasteiger partial charge in [-0.25, -0.2) is 0 Å². The highest BCUT2D eigenvalue weighted by Gasteiger charge is 2.42. The largest absolute Gasteiger partial charge is 0.313 e. The van der Waals surface area contributed by atoms with E-state index < -0.39 is 0 Å². The molecular weight excluding hydrogens is 190 g/mol. The summed E-state index contributed by atoms with van der Waals surface area (Å²) >= 11 is 2.09. The average Bonchev–Trinajstić information content (AvgIpc) is 3.04. The van der Waals surface area contributed by atoms with Gasteiger partial charge in [-0.2, -0.15) is 11.8 Å². The molecule has 0 heterocycles. The molecule has 1 nitrogen and oxygen atoms in total. The Balaban J connectivity index is 1.53. The Bertz CT molecular complexity index is 173. The molecule has 0 aliphatic heterocycles. The third kappa shape index (κ3) is 3.47. The molecule has 0 spiro atoms. The Morgan fingerprint density at radius 3 is 2.71 bits per heavy atom. The summed E-state index contributed by atoms with van der Waals surface area (Å²) in [6, 6.07) is 0.900. The molecule has 0 aromatic rings. The molecule has 0 atom stereocenters. The number of thioether (sulfide) groups is 1. The first kappa shape index (κ1) is 10.8. The lowest BCUT2D eigenvalue weighted by atomic mass is 10.0. The maximum Gasteiger partial charge on any atom is 0.00684 e. The fraction of sp³-hybridized carbons (Fsp3) is 1.00. The lowest BCUT2D eigenvalue weighted by Crippen LogP contribution is -2.25. The van der Waals surface area contributed by atoms with Crippen molar-refractivity contribution in [1.82, 2.24) is 5.32 Å². The van der Waals surface area contributed by atoms with Gasteiger partial charge < -0.3 is 5.32 Å². The number of hydrogen-bond donors (Lipinski definition) is 1. The maximum absolute atomic E-state index is 3.69. The molecule has 14 heavy (non-hydrogen) atoms. The van der Waals surface area contributed by atoms with Crippen molar-refractivity contribution in [2.75, 3.05) is 18.1 Å².